The maximum Gasteiger partial charge on any atom is 0.326 e. The third-order valence-corrected chi connectivity index (χ3v) is 3.12. The first kappa shape index (κ1) is 13.9. The third-order valence-electron chi connectivity index (χ3n) is 3.12. The fourth-order valence-electron chi connectivity index (χ4n) is 2.06. The molecule has 5 heteroatoms. The average molecular weight is 273 g/mol. The van der Waals surface area contributed by atoms with Crippen molar-refractivity contribution in [3.8, 4) is 5.75 Å². The second-order valence-electron chi connectivity index (χ2n) is 4.43. The molecule has 1 unspecified atom stereocenters. The van der Waals surface area contributed by atoms with Gasteiger partial charge in [-0.3, -0.25) is 4.79 Å². The van der Waals surface area contributed by atoms with Crippen LogP contribution in [0.4, 0.5) is 0 Å². The first-order chi connectivity index (χ1) is 9.63. The van der Waals surface area contributed by atoms with Crippen molar-refractivity contribution in [2.75, 3.05) is 7.11 Å². The predicted molar refractivity (Wildman–Crippen MR) is 74.8 cm³/mol. The minimum atomic E-state index is -1.05. The molecule has 0 saturated carbocycles. The molecule has 2 rings (SSSR count). The molecule has 0 heterocycles. The summed E-state index contributed by atoms with van der Waals surface area (Å²) in [5.74, 6) is -0.275. The number of amides is 1. The van der Waals surface area contributed by atoms with E-state index in [2.05, 4.69) is 5.32 Å². The quantitative estimate of drug-likeness (QED) is 0.784. The van der Waals surface area contributed by atoms with Gasteiger partial charge in [0.15, 0.2) is 0 Å². The number of hydrogen-bond donors (Lipinski definition) is 2. The Morgan fingerprint density at radius 3 is 2.65 bits per heavy atom. The largest absolute Gasteiger partial charge is 0.497 e. The number of aliphatic carboxylic acids is 1. The Bertz CT molecular complexity index is 639. The van der Waals surface area contributed by atoms with Gasteiger partial charge in [0, 0.05) is 6.42 Å². The Kier molecular flexibility index (Phi) is 4.20. The third kappa shape index (κ3) is 3.06. The summed E-state index contributed by atoms with van der Waals surface area (Å²) in [7, 11) is 1.61. The SMILES string of the molecule is COc1ccc2cc(CC(NC=O)C(=O)O)ccc2c1. The number of carboxylic acids is 1. The van der Waals surface area contributed by atoms with Crippen LogP contribution >= 0.6 is 0 Å². The molecule has 0 spiro atoms. The maximum atomic E-state index is 11.0. The van der Waals surface area contributed by atoms with Crippen molar-refractivity contribution in [3.05, 3.63) is 42.0 Å². The molecule has 5 nitrogen and oxygen atoms in total. The molecule has 1 atom stereocenters. The Hall–Kier alpha value is -2.56. The second-order valence-corrected chi connectivity index (χ2v) is 4.43. The van der Waals surface area contributed by atoms with E-state index in [9.17, 15) is 9.59 Å². The van der Waals surface area contributed by atoms with Gasteiger partial charge in [0.05, 0.1) is 7.11 Å². The average Bonchev–Trinajstić information content (AvgIpc) is 2.46. The molecule has 0 saturated heterocycles. The van der Waals surface area contributed by atoms with E-state index < -0.39 is 12.0 Å². The van der Waals surface area contributed by atoms with Crippen molar-refractivity contribution in [1.82, 2.24) is 5.32 Å². The van der Waals surface area contributed by atoms with Gasteiger partial charge in [-0.05, 0) is 28.5 Å². The Balaban J connectivity index is 2.27. The summed E-state index contributed by atoms with van der Waals surface area (Å²) >= 11 is 0. The van der Waals surface area contributed by atoms with Gasteiger partial charge in [-0.15, -0.1) is 0 Å². The van der Waals surface area contributed by atoms with E-state index in [1.165, 1.54) is 0 Å². The van der Waals surface area contributed by atoms with Gasteiger partial charge in [0.1, 0.15) is 11.8 Å². The molecule has 0 radical (unpaired) electrons. The normalized spacial score (nSPS) is 11.8. The summed E-state index contributed by atoms with van der Waals surface area (Å²) in [6.07, 6.45) is 0.654. The van der Waals surface area contributed by atoms with Crippen molar-refractivity contribution in [1.29, 1.82) is 0 Å². The molecular weight excluding hydrogens is 258 g/mol. The van der Waals surface area contributed by atoms with Crippen LogP contribution < -0.4 is 10.1 Å². The van der Waals surface area contributed by atoms with E-state index in [1.807, 2.05) is 36.4 Å². The highest BCUT2D eigenvalue weighted by Gasteiger charge is 2.16. The lowest BCUT2D eigenvalue weighted by molar-refractivity contribution is -0.140. The summed E-state index contributed by atoms with van der Waals surface area (Å²) in [4.78, 5) is 21.4. The van der Waals surface area contributed by atoms with Crippen molar-refractivity contribution in [3.63, 3.8) is 0 Å². The van der Waals surface area contributed by atoms with Crippen molar-refractivity contribution >= 4 is 23.2 Å². The summed E-state index contributed by atoms with van der Waals surface area (Å²) in [5.41, 5.74) is 0.851. The maximum absolute atomic E-state index is 11.0. The van der Waals surface area contributed by atoms with Gasteiger partial charge in [-0.1, -0.05) is 24.3 Å². The molecule has 1 amide bonds. The summed E-state index contributed by atoms with van der Waals surface area (Å²) in [5, 5.41) is 13.3. The zero-order valence-electron chi connectivity index (χ0n) is 11.0. The van der Waals surface area contributed by atoms with E-state index in [0.717, 1.165) is 22.1 Å². The topological polar surface area (TPSA) is 75.6 Å². The van der Waals surface area contributed by atoms with Crippen LogP contribution in [0.5, 0.6) is 5.75 Å². The van der Waals surface area contributed by atoms with Crippen molar-refractivity contribution in [2.45, 2.75) is 12.5 Å². The minimum absolute atomic E-state index is 0.246. The second kappa shape index (κ2) is 6.06. The number of carbonyl (C=O) groups is 2. The predicted octanol–water partition coefficient (Wildman–Crippen LogP) is 1.59. The number of ether oxygens (including phenoxy) is 1. The van der Waals surface area contributed by atoms with Gasteiger partial charge in [0.25, 0.3) is 0 Å². The molecular formula is C15H15NO4. The number of rotatable bonds is 6. The molecule has 0 bridgehead atoms. The number of carboxylic acid groups (broad SMARTS) is 1. The smallest absolute Gasteiger partial charge is 0.326 e. The van der Waals surface area contributed by atoms with E-state index in [-0.39, 0.29) is 6.42 Å². The van der Waals surface area contributed by atoms with Crippen LogP contribution in [0, 0.1) is 0 Å². The summed E-state index contributed by atoms with van der Waals surface area (Å²) < 4.78 is 5.15. The zero-order valence-corrected chi connectivity index (χ0v) is 11.0. The number of methoxy groups -OCH3 is 1. The Morgan fingerprint density at radius 2 is 2.00 bits per heavy atom. The van der Waals surface area contributed by atoms with Gasteiger partial charge in [0.2, 0.25) is 6.41 Å². The number of hydrogen-bond acceptors (Lipinski definition) is 3. The standard InChI is InChI=1S/C15H15NO4/c1-20-13-5-4-11-6-10(2-3-12(11)8-13)7-14(15(18)19)16-9-17/h2-6,8-9,14H,7H2,1H3,(H,16,17)(H,18,19). The van der Waals surface area contributed by atoms with Gasteiger partial charge in [-0.25, -0.2) is 4.79 Å². The van der Waals surface area contributed by atoms with E-state index in [0.29, 0.717) is 6.41 Å². The molecule has 2 N–H and O–H groups in total. The molecule has 2 aromatic rings. The van der Waals surface area contributed by atoms with Crippen LogP contribution in [0.15, 0.2) is 36.4 Å². The van der Waals surface area contributed by atoms with Gasteiger partial charge >= 0.3 is 5.97 Å². The van der Waals surface area contributed by atoms with E-state index in [4.69, 9.17) is 9.84 Å². The first-order valence-corrected chi connectivity index (χ1v) is 6.13. The highest BCUT2D eigenvalue weighted by molar-refractivity contribution is 5.85. The Labute approximate surface area is 116 Å². The minimum Gasteiger partial charge on any atom is -0.497 e. The highest BCUT2D eigenvalue weighted by Crippen LogP contribution is 2.22. The van der Waals surface area contributed by atoms with E-state index in [1.54, 1.807) is 7.11 Å². The lowest BCUT2D eigenvalue weighted by Gasteiger charge is -2.12. The molecule has 0 fully saturated rings. The zero-order chi connectivity index (χ0) is 14.5. The lowest BCUT2D eigenvalue weighted by atomic mass is 10.0. The number of benzene rings is 2. The van der Waals surface area contributed by atoms with Gasteiger partial charge in [-0.2, -0.15) is 0 Å². The molecule has 104 valence electrons. The van der Waals surface area contributed by atoms with Crippen LogP contribution in [-0.2, 0) is 16.0 Å². The monoisotopic (exact) mass is 273 g/mol. The van der Waals surface area contributed by atoms with Gasteiger partial charge < -0.3 is 15.2 Å². The molecule has 0 aliphatic heterocycles. The van der Waals surface area contributed by atoms with Crippen molar-refractivity contribution < 1.29 is 19.4 Å². The fourth-order valence-corrected chi connectivity index (χ4v) is 2.06. The van der Waals surface area contributed by atoms with E-state index >= 15 is 0 Å². The number of fused-ring (bicyclic) bond motifs is 1. The molecule has 0 aliphatic rings. The van der Waals surface area contributed by atoms with Crippen molar-refractivity contribution in [2.24, 2.45) is 0 Å². The lowest BCUT2D eigenvalue weighted by Crippen LogP contribution is -2.37. The highest BCUT2D eigenvalue weighted by atomic mass is 16.5. The van der Waals surface area contributed by atoms with Crippen LogP contribution in [0.25, 0.3) is 10.8 Å². The van der Waals surface area contributed by atoms with Crippen LogP contribution in [-0.4, -0.2) is 30.6 Å². The Morgan fingerprint density at radius 1 is 1.30 bits per heavy atom. The molecule has 0 aliphatic carbocycles. The molecule has 2 aromatic carbocycles. The van der Waals surface area contributed by atoms with Crippen LogP contribution in [0.2, 0.25) is 0 Å². The first-order valence-electron chi connectivity index (χ1n) is 6.13. The van der Waals surface area contributed by atoms with Crippen LogP contribution in [0.1, 0.15) is 5.56 Å². The summed E-state index contributed by atoms with van der Waals surface area (Å²) in [6, 6.07) is 10.4. The number of carbonyl (C=O) groups excluding carboxylic acids is 1. The molecule has 0 aromatic heterocycles. The summed E-state index contributed by atoms with van der Waals surface area (Å²) in [6.45, 7) is 0. The van der Waals surface area contributed by atoms with Crippen LogP contribution in [0.3, 0.4) is 0 Å². The molecule has 20 heavy (non-hydrogen) atoms. The fraction of sp³-hybridized carbons (Fsp3) is 0.200. The number of nitrogens with one attached hydrogen (secondary N) is 1.